The van der Waals surface area contributed by atoms with Gasteiger partial charge in [0.1, 0.15) is 0 Å². The predicted octanol–water partition coefficient (Wildman–Crippen LogP) is 0.941. The van der Waals surface area contributed by atoms with E-state index >= 15 is 0 Å². The van der Waals surface area contributed by atoms with E-state index in [1.807, 2.05) is 29.2 Å². The molecule has 6 nitrogen and oxygen atoms in total. The van der Waals surface area contributed by atoms with Crippen molar-refractivity contribution in [2.24, 2.45) is 5.92 Å². The number of piperidine rings is 1. The molecule has 0 aromatic heterocycles. The lowest BCUT2D eigenvalue weighted by molar-refractivity contribution is -0.132. The quantitative estimate of drug-likeness (QED) is 0.853. The molecule has 2 heterocycles. The molecule has 25 heavy (non-hydrogen) atoms. The molecule has 3 rings (SSSR count). The Balaban J connectivity index is 1.55. The van der Waals surface area contributed by atoms with Crippen molar-refractivity contribution in [3.63, 3.8) is 0 Å². The lowest BCUT2D eigenvalue weighted by atomic mass is 9.97. The van der Waals surface area contributed by atoms with Crippen molar-refractivity contribution in [3.8, 4) is 0 Å². The second-order valence-electron chi connectivity index (χ2n) is 7.07. The van der Waals surface area contributed by atoms with Gasteiger partial charge >= 0.3 is 0 Å². The lowest BCUT2D eigenvalue weighted by Crippen LogP contribution is -2.47. The number of benzene rings is 1. The zero-order valence-electron chi connectivity index (χ0n) is 15.0. The van der Waals surface area contributed by atoms with Gasteiger partial charge in [-0.25, -0.2) is 0 Å². The van der Waals surface area contributed by atoms with Crippen LogP contribution in [0.4, 0.5) is 5.69 Å². The Morgan fingerprint density at radius 2 is 1.88 bits per heavy atom. The maximum atomic E-state index is 12.5. The molecule has 0 unspecified atom stereocenters. The summed E-state index contributed by atoms with van der Waals surface area (Å²) >= 11 is 0. The van der Waals surface area contributed by atoms with E-state index in [4.69, 9.17) is 0 Å². The van der Waals surface area contributed by atoms with Gasteiger partial charge in [0.2, 0.25) is 11.8 Å². The minimum atomic E-state index is 0.0804. The fourth-order valence-corrected chi connectivity index (χ4v) is 3.43. The first-order chi connectivity index (χ1) is 12.1. The minimum Gasteiger partial charge on any atom is -0.340 e. The summed E-state index contributed by atoms with van der Waals surface area (Å²) in [5, 5.41) is 6.29. The zero-order valence-corrected chi connectivity index (χ0v) is 15.0. The van der Waals surface area contributed by atoms with Gasteiger partial charge in [0.05, 0.1) is 6.42 Å². The number of rotatable bonds is 4. The maximum absolute atomic E-state index is 12.5. The normalized spacial score (nSPS) is 19.6. The predicted molar refractivity (Wildman–Crippen MR) is 98.4 cm³/mol. The van der Waals surface area contributed by atoms with Crippen LogP contribution in [0.15, 0.2) is 24.3 Å². The Labute approximate surface area is 149 Å². The number of hydrogen-bond donors (Lipinski definition) is 2. The van der Waals surface area contributed by atoms with E-state index in [0.29, 0.717) is 6.42 Å². The molecule has 1 aromatic carbocycles. The van der Waals surface area contributed by atoms with Gasteiger partial charge in [0.25, 0.3) is 0 Å². The number of likely N-dealkylation sites (N-methyl/N-ethyl adjacent to an activating group) is 1. The van der Waals surface area contributed by atoms with Crippen LogP contribution >= 0.6 is 0 Å². The second-order valence-corrected chi connectivity index (χ2v) is 7.07. The van der Waals surface area contributed by atoms with E-state index in [2.05, 4.69) is 22.6 Å². The van der Waals surface area contributed by atoms with Crippen LogP contribution in [0.5, 0.6) is 0 Å². The van der Waals surface area contributed by atoms with Crippen molar-refractivity contribution >= 4 is 17.5 Å². The Bertz CT molecular complexity index is 605. The van der Waals surface area contributed by atoms with E-state index in [0.717, 1.165) is 63.4 Å². The van der Waals surface area contributed by atoms with Gasteiger partial charge in [-0.15, -0.1) is 0 Å². The highest BCUT2D eigenvalue weighted by atomic mass is 16.2. The van der Waals surface area contributed by atoms with E-state index in [-0.39, 0.29) is 17.7 Å². The monoisotopic (exact) mass is 344 g/mol. The lowest BCUT2D eigenvalue weighted by Gasteiger charge is -2.32. The summed E-state index contributed by atoms with van der Waals surface area (Å²) < 4.78 is 0. The van der Waals surface area contributed by atoms with Crippen LogP contribution in [0.3, 0.4) is 0 Å². The summed E-state index contributed by atoms with van der Waals surface area (Å²) in [7, 11) is 2.08. The molecule has 2 aliphatic heterocycles. The zero-order chi connectivity index (χ0) is 17.6. The Morgan fingerprint density at radius 3 is 2.60 bits per heavy atom. The summed E-state index contributed by atoms with van der Waals surface area (Å²) in [4.78, 5) is 29.0. The summed E-state index contributed by atoms with van der Waals surface area (Å²) in [6.07, 6.45) is 2.15. The highest BCUT2D eigenvalue weighted by Crippen LogP contribution is 2.17. The van der Waals surface area contributed by atoms with Crippen LogP contribution in [0.2, 0.25) is 0 Å². The molecular weight excluding hydrogens is 316 g/mol. The van der Waals surface area contributed by atoms with Crippen LogP contribution in [0.25, 0.3) is 0 Å². The van der Waals surface area contributed by atoms with Crippen molar-refractivity contribution < 1.29 is 9.59 Å². The molecule has 0 atom stereocenters. The number of carbonyl (C=O) groups excluding carboxylic acids is 2. The first-order valence-corrected chi connectivity index (χ1v) is 9.18. The maximum Gasteiger partial charge on any atom is 0.227 e. The summed E-state index contributed by atoms with van der Waals surface area (Å²) in [5.41, 5.74) is 1.74. The van der Waals surface area contributed by atoms with Gasteiger partial charge in [0.15, 0.2) is 0 Å². The molecule has 0 spiro atoms. The number of hydrogen-bond acceptors (Lipinski definition) is 4. The molecule has 0 saturated carbocycles. The van der Waals surface area contributed by atoms with Crippen molar-refractivity contribution in [1.82, 2.24) is 15.1 Å². The number of nitrogens with one attached hydrogen (secondary N) is 2. The number of anilines is 1. The van der Waals surface area contributed by atoms with Crippen LogP contribution < -0.4 is 10.6 Å². The highest BCUT2D eigenvalue weighted by molar-refractivity contribution is 5.92. The molecule has 2 N–H and O–H groups in total. The Hall–Kier alpha value is -1.92. The third-order valence-corrected chi connectivity index (χ3v) is 5.12. The van der Waals surface area contributed by atoms with Crippen LogP contribution in [-0.2, 0) is 16.0 Å². The van der Waals surface area contributed by atoms with E-state index in [9.17, 15) is 9.59 Å². The van der Waals surface area contributed by atoms with E-state index in [1.54, 1.807) is 0 Å². The molecule has 136 valence electrons. The van der Waals surface area contributed by atoms with Crippen LogP contribution in [-0.4, -0.2) is 67.9 Å². The van der Waals surface area contributed by atoms with E-state index < -0.39 is 0 Å². The molecule has 0 radical (unpaired) electrons. The average molecular weight is 344 g/mol. The number of amides is 2. The van der Waals surface area contributed by atoms with Crippen molar-refractivity contribution in [2.75, 3.05) is 51.6 Å². The minimum absolute atomic E-state index is 0.0804. The third kappa shape index (κ3) is 5.03. The molecule has 2 aliphatic rings. The van der Waals surface area contributed by atoms with Gasteiger partial charge in [0, 0.05) is 37.8 Å². The first kappa shape index (κ1) is 17.9. The number of nitrogens with zero attached hydrogens (tertiary/aromatic N) is 2. The molecule has 6 heteroatoms. The van der Waals surface area contributed by atoms with Crippen LogP contribution in [0, 0.1) is 5.92 Å². The molecule has 0 aliphatic carbocycles. The van der Waals surface area contributed by atoms with Crippen molar-refractivity contribution in [3.05, 3.63) is 29.8 Å². The highest BCUT2D eigenvalue weighted by Gasteiger charge is 2.21. The largest absolute Gasteiger partial charge is 0.340 e. The van der Waals surface area contributed by atoms with E-state index in [1.165, 1.54) is 0 Å². The standard InChI is InChI=1S/C19H28N4O2/c1-22-9-11-23(12-10-22)18(24)14-15-3-2-4-17(13-15)21-19(25)16-5-7-20-8-6-16/h2-4,13,16,20H,5-12,14H2,1H3,(H,21,25). The van der Waals surface area contributed by atoms with Gasteiger partial charge < -0.3 is 20.4 Å². The Kier molecular flexibility index (Phi) is 6.04. The van der Waals surface area contributed by atoms with Crippen LogP contribution in [0.1, 0.15) is 18.4 Å². The summed E-state index contributed by atoms with van der Waals surface area (Å²) in [6, 6.07) is 7.68. The Morgan fingerprint density at radius 1 is 1.16 bits per heavy atom. The number of carbonyl (C=O) groups is 2. The fourth-order valence-electron chi connectivity index (χ4n) is 3.43. The van der Waals surface area contributed by atoms with Gasteiger partial charge in [-0.2, -0.15) is 0 Å². The summed E-state index contributed by atoms with van der Waals surface area (Å²) in [5.74, 6) is 0.329. The average Bonchev–Trinajstić information content (AvgIpc) is 2.63. The van der Waals surface area contributed by atoms with Gasteiger partial charge in [-0.05, 0) is 50.7 Å². The SMILES string of the molecule is CN1CCN(C(=O)Cc2cccc(NC(=O)C3CCNCC3)c2)CC1. The van der Waals surface area contributed by atoms with Crippen molar-refractivity contribution in [2.45, 2.75) is 19.3 Å². The first-order valence-electron chi connectivity index (χ1n) is 9.18. The molecule has 0 bridgehead atoms. The second kappa shape index (κ2) is 8.45. The third-order valence-electron chi connectivity index (χ3n) is 5.12. The fraction of sp³-hybridized carbons (Fsp3) is 0.579. The molecule has 2 amide bonds. The smallest absolute Gasteiger partial charge is 0.227 e. The molecule has 1 aromatic rings. The molecule has 2 fully saturated rings. The molecule has 2 saturated heterocycles. The molecular formula is C19H28N4O2. The number of piperazine rings is 1. The van der Waals surface area contributed by atoms with Gasteiger partial charge in [-0.3, -0.25) is 9.59 Å². The van der Waals surface area contributed by atoms with Gasteiger partial charge in [-0.1, -0.05) is 12.1 Å². The summed E-state index contributed by atoms with van der Waals surface area (Å²) in [6.45, 7) is 5.24. The topological polar surface area (TPSA) is 64.7 Å². The van der Waals surface area contributed by atoms with Crippen molar-refractivity contribution in [1.29, 1.82) is 0 Å².